The third-order valence-electron chi connectivity index (χ3n) is 6.48. The summed E-state index contributed by atoms with van der Waals surface area (Å²) in [7, 11) is 0. The van der Waals surface area contributed by atoms with Gasteiger partial charge in [0.2, 0.25) is 5.91 Å². The summed E-state index contributed by atoms with van der Waals surface area (Å²) in [5.74, 6) is 0.380. The number of piperazine rings is 1. The molecule has 5 heteroatoms. The van der Waals surface area contributed by atoms with Crippen LogP contribution in [0.5, 0.6) is 0 Å². The number of hydrogen-bond donors (Lipinski definition) is 0. The van der Waals surface area contributed by atoms with E-state index in [1.165, 1.54) is 5.56 Å². The minimum atomic E-state index is 0.109. The fraction of sp³-hybridized carbons (Fsp3) is 0.682. The van der Waals surface area contributed by atoms with E-state index in [1.807, 2.05) is 0 Å². The van der Waals surface area contributed by atoms with Gasteiger partial charge in [0.1, 0.15) is 0 Å². The first kappa shape index (κ1) is 18.9. The molecule has 0 aliphatic carbocycles. The van der Waals surface area contributed by atoms with Gasteiger partial charge in [0.25, 0.3) is 0 Å². The molecule has 0 spiro atoms. The molecule has 0 saturated carbocycles. The lowest BCUT2D eigenvalue weighted by molar-refractivity contribution is -0.145. The smallest absolute Gasteiger partial charge is 0.240 e. The molecule has 1 aromatic rings. The van der Waals surface area contributed by atoms with Crippen molar-refractivity contribution in [1.82, 2.24) is 14.7 Å². The highest BCUT2D eigenvalue weighted by Crippen LogP contribution is 2.24. The molecule has 1 aromatic carbocycles. The summed E-state index contributed by atoms with van der Waals surface area (Å²) in [5.41, 5.74) is 1.41. The molecule has 3 saturated heterocycles. The topological polar surface area (TPSA) is 36.0 Å². The van der Waals surface area contributed by atoms with Gasteiger partial charge in [-0.25, -0.2) is 0 Å². The van der Waals surface area contributed by atoms with Crippen LogP contribution >= 0.6 is 0 Å². The number of piperidine rings is 1. The Labute approximate surface area is 163 Å². The molecule has 0 aromatic heterocycles. The molecule has 3 aliphatic heterocycles. The minimum Gasteiger partial charge on any atom is -0.381 e. The van der Waals surface area contributed by atoms with E-state index in [4.69, 9.17) is 4.74 Å². The molecule has 0 radical (unpaired) electrons. The quantitative estimate of drug-likeness (QED) is 0.793. The molecule has 0 bridgehead atoms. The summed E-state index contributed by atoms with van der Waals surface area (Å²) in [6, 6.07) is 11.2. The largest absolute Gasteiger partial charge is 0.381 e. The fourth-order valence-corrected chi connectivity index (χ4v) is 4.81. The SMILES string of the molecule is O=C1[C@H](N2CCN(CCc3ccccc3)CC2)CCCN1C1CCOCC1. The number of carbonyl (C=O) groups is 1. The van der Waals surface area contributed by atoms with Crippen LogP contribution < -0.4 is 0 Å². The van der Waals surface area contributed by atoms with Crippen LogP contribution in [0.3, 0.4) is 0 Å². The second-order valence-electron chi connectivity index (χ2n) is 8.15. The highest BCUT2D eigenvalue weighted by atomic mass is 16.5. The number of likely N-dealkylation sites (tertiary alicyclic amines) is 1. The van der Waals surface area contributed by atoms with Crippen LogP contribution in [-0.2, 0) is 16.0 Å². The van der Waals surface area contributed by atoms with E-state index >= 15 is 0 Å². The maximum absolute atomic E-state index is 13.1. The Kier molecular flexibility index (Phi) is 6.43. The second kappa shape index (κ2) is 9.18. The van der Waals surface area contributed by atoms with Crippen LogP contribution in [-0.4, -0.2) is 85.2 Å². The zero-order valence-corrected chi connectivity index (χ0v) is 16.4. The molecule has 1 amide bonds. The summed E-state index contributed by atoms with van der Waals surface area (Å²) in [6.07, 6.45) is 5.29. The van der Waals surface area contributed by atoms with Gasteiger partial charge in [-0.2, -0.15) is 0 Å². The van der Waals surface area contributed by atoms with Gasteiger partial charge in [-0.15, -0.1) is 0 Å². The van der Waals surface area contributed by atoms with Crippen LogP contribution in [0.25, 0.3) is 0 Å². The predicted molar refractivity (Wildman–Crippen MR) is 107 cm³/mol. The number of nitrogens with zero attached hydrogens (tertiary/aromatic N) is 3. The maximum atomic E-state index is 13.1. The molecule has 1 atom stereocenters. The predicted octanol–water partition coefficient (Wildman–Crippen LogP) is 2.02. The second-order valence-corrected chi connectivity index (χ2v) is 8.15. The molecule has 4 rings (SSSR count). The van der Waals surface area contributed by atoms with E-state index in [0.717, 1.165) is 84.6 Å². The first-order valence-corrected chi connectivity index (χ1v) is 10.7. The molecule has 0 N–H and O–H groups in total. The Hall–Kier alpha value is -1.43. The number of ether oxygens (including phenoxy) is 1. The highest BCUT2D eigenvalue weighted by molar-refractivity contribution is 5.83. The monoisotopic (exact) mass is 371 g/mol. The van der Waals surface area contributed by atoms with Crippen LogP contribution in [0, 0.1) is 0 Å². The van der Waals surface area contributed by atoms with Crippen molar-refractivity contribution in [2.24, 2.45) is 0 Å². The standard InChI is InChI=1S/C22H33N3O2/c26-22-21(7-4-11-25(22)20-9-17-27-18-10-20)24-15-13-23(14-16-24)12-8-19-5-2-1-3-6-19/h1-3,5-6,20-21H,4,7-18H2/t21-/m1/s1. The Morgan fingerprint density at radius 1 is 0.926 bits per heavy atom. The summed E-state index contributed by atoms with van der Waals surface area (Å²) in [5, 5.41) is 0. The van der Waals surface area contributed by atoms with Crippen LogP contribution in [0.2, 0.25) is 0 Å². The first-order chi connectivity index (χ1) is 13.3. The number of carbonyl (C=O) groups excluding carboxylic acids is 1. The lowest BCUT2D eigenvalue weighted by atomic mass is 9.97. The molecule has 0 unspecified atom stereocenters. The molecule has 3 heterocycles. The summed E-state index contributed by atoms with van der Waals surface area (Å²) in [4.78, 5) is 20.3. The van der Waals surface area contributed by atoms with Crippen molar-refractivity contribution in [3.8, 4) is 0 Å². The van der Waals surface area contributed by atoms with Crippen molar-refractivity contribution in [2.75, 3.05) is 52.5 Å². The normalized spacial score (nSPS) is 26.4. The number of rotatable bonds is 5. The number of amides is 1. The zero-order chi connectivity index (χ0) is 18.5. The van der Waals surface area contributed by atoms with E-state index in [1.54, 1.807) is 0 Å². The zero-order valence-electron chi connectivity index (χ0n) is 16.4. The number of hydrogen-bond acceptors (Lipinski definition) is 4. The van der Waals surface area contributed by atoms with Crippen LogP contribution in [0.1, 0.15) is 31.2 Å². The van der Waals surface area contributed by atoms with E-state index in [0.29, 0.717) is 11.9 Å². The third kappa shape index (κ3) is 4.71. The van der Waals surface area contributed by atoms with Gasteiger partial charge in [0, 0.05) is 58.5 Å². The van der Waals surface area contributed by atoms with Gasteiger partial charge in [-0.3, -0.25) is 9.69 Å². The van der Waals surface area contributed by atoms with Gasteiger partial charge in [-0.1, -0.05) is 30.3 Å². The average Bonchev–Trinajstić information content (AvgIpc) is 2.74. The van der Waals surface area contributed by atoms with Gasteiger partial charge < -0.3 is 14.5 Å². The Balaban J connectivity index is 1.26. The molecular formula is C22H33N3O2. The molecule has 27 heavy (non-hydrogen) atoms. The molecule has 148 valence electrons. The van der Waals surface area contributed by atoms with E-state index in [9.17, 15) is 4.79 Å². The van der Waals surface area contributed by atoms with E-state index in [2.05, 4.69) is 45.0 Å². The highest BCUT2D eigenvalue weighted by Gasteiger charge is 2.37. The Morgan fingerprint density at radius 3 is 2.41 bits per heavy atom. The fourth-order valence-electron chi connectivity index (χ4n) is 4.81. The van der Waals surface area contributed by atoms with Crippen molar-refractivity contribution in [3.05, 3.63) is 35.9 Å². The van der Waals surface area contributed by atoms with E-state index < -0.39 is 0 Å². The molecule has 5 nitrogen and oxygen atoms in total. The van der Waals surface area contributed by atoms with Crippen molar-refractivity contribution in [1.29, 1.82) is 0 Å². The summed E-state index contributed by atoms with van der Waals surface area (Å²) >= 11 is 0. The summed E-state index contributed by atoms with van der Waals surface area (Å²) < 4.78 is 5.48. The lowest BCUT2D eigenvalue weighted by Crippen LogP contribution is -2.59. The van der Waals surface area contributed by atoms with Crippen molar-refractivity contribution in [2.45, 2.75) is 44.2 Å². The minimum absolute atomic E-state index is 0.109. The maximum Gasteiger partial charge on any atom is 0.240 e. The molecule has 3 fully saturated rings. The Morgan fingerprint density at radius 2 is 1.67 bits per heavy atom. The Bertz CT molecular complexity index is 595. The number of benzene rings is 1. The molecular weight excluding hydrogens is 338 g/mol. The van der Waals surface area contributed by atoms with Crippen LogP contribution in [0.15, 0.2) is 30.3 Å². The lowest BCUT2D eigenvalue weighted by Gasteiger charge is -2.45. The van der Waals surface area contributed by atoms with Crippen molar-refractivity contribution < 1.29 is 9.53 Å². The van der Waals surface area contributed by atoms with Crippen molar-refractivity contribution >= 4 is 5.91 Å². The summed E-state index contributed by atoms with van der Waals surface area (Å²) in [6.45, 7) is 7.86. The first-order valence-electron chi connectivity index (χ1n) is 10.7. The third-order valence-corrected chi connectivity index (χ3v) is 6.48. The van der Waals surface area contributed by atoms with Gasteiger partial charge >= 0.3 is 0 Å². The molecule has 3 aliphatic rings. The van der Waals surface area contributed by atoms with Crippen molar-refractivity contribution in [3.63, 3.8) is 0 Å². The average molecular weight is 372 g/mol. The van der Waals surface area contributed by atoms with Gasteiger partial charge in [0.15, 0.2) is 0 Å². The van der Waals surface area contributed by atoms with Crippen LogP contribution in [0.4, 0.5) is 0 Å². The van der Waals surface area contributed by atoms with Gasteiger partial charge in [-0.05, 0) is 37.7 Å². The van der Waals surface area contributed by atoms with Gasteiger partial charge in [0.05, 0.1) is 6.04 Å². The van der Waals surface area contributed by atoms with E-state index in [-0.39, 0.29) is 6.04 Å².